The minimum atomic E-state index is -0.191. The zero-order valence-electron chi connectivity index (χ0n) is 15.8. The van der Waals surface area contributed by atoms with E-state index >= 15 is 0 Å². The van der Waals surface area contributed by atoms with Crippen LogP contribution in [0.3, 0.4) is 0 Å². The number of nitrogens with zero attached hydrogens (tertiary/aromatic N) is 2. The number of rotatable bonds is 7. The van der Waals surface area contributed by atoms with Gasteiger partial charge in [-0.15, -0.1) is 0 Å². The molecular weight excluding hydrogens is 510 g/mol. The van der Waals surface area contributed by atoms with Crippen molar-refractivity contribution in [3.05, 3.63) is 97.9 Å². The molecule has 1 N–H and O–H groups in total. The molecule has 150 valence electrons. The number of hydrazone groups is 1. The van der Waals surface area contributed by atoms with Crippen molar-refractivity contribution in [1.82, 2.24) is 5.43 Å². The second kappa shape index (κ2) is 10.7. The molecule has 0 radical (unpaired) electrons. The molecule has 5 nitrogen and oxygen atoms in total. The standard InChI is InChI=1S/C23H17Br2N3O2/c24-20-8-5-16(6-9-20)12-23(29)28-27-14-17-7-10-22(21(25)11-17)30-15-19-4-2-1-3-18(19)13-26/h1-11,14H,12,15H2,(H,28,29)/b27-14+. The Hall–Kier alpha value is -2.95. The second-order valence-electron chi connectivity index (χ2n) is 6.34. The van der Waals surface area contributed by atoms with Crippen LogP contribution in [0.25, 0.3) is 0 Å². The van der Waals surface area contributed by atoms with Crippen molar-refractivity contribution in [2.75, 3.05) is 0 Å². The van der Waals surface area contributed by atoms with Gasteiger partial charge in [0.15, 0.2) is 0 Å². The maximum atomic E-state index is 12.0. The first-order chi connectivity index (χ1) is 14.5. The molecule has 3 rings (SSSR count). The fourth-order valence-corrected chi connectivity index (χ4v) is 3.41. The Morgan fingerprint density at radius 2 is 1.87 bits per heavy atom. The molecule has 30 heavy (non-hydrogen) atoms. The summed E-state index contributed by atoms with van der Waals surface area (Å²) in [5, 5.41) is 13.2. The molecule has 3 aromatic rings. The van der Waals surface area contributed by atoms with Gasteiger partial charge < -0.3 is 4.74 Å². The normalized spacial score (nSPS) is 10.6. The van der Waals surface area contributed by atoms with E-state index in [9.17, 15) is 4.79 Å². The fraction of sp³-hybridized carbons (Fsp3) is 0.0870. The lowest BCUT2D eigenvalue weighted by Gasteiger charge is -2.10. The lowest BCUT2D eigenvalue weighted by atomic mass is 10.1. The predicted molar refractivity (Wildman–Crippen MR) is 123 cm³/mol. The van der Waals surface area contributed by atoms with Crippen LogP contribution in [-0.4, -0.2) is 12.1 Å². The molecule has 0 atom stereocenters. The van der Waals surface area contributed by atoms with Crippen LogP contribution in [0.2, 0.25) is 0 Å². The van der Waals surface area contributed by atoms with Crippen LogP contribution in [0.1, 0.15) is 22.3 Å². The number of amides is 1. The van der Waals surface area contributed by atoms with Crippen LogP contribution in [0.5, 0.6) is 5.75 Å². The van der Waals surface area contributed by atoms with E-state index in [0.29, 0.717) is 17.9 Å². The first kappa shape index (κ1) is 21.8. The highest BCUT2D eigenvalue weighted by Crippen LogP contribution is 2.26. The number of halogens is 2. The average Bonchev–Trinajstić information content (AvgIpc) is 2.75. The Bertz CT molecular complexity index is 1110. The van der Waals surface area contributed by atoms with Gasteiger partial charge in [0.2, 0.25) is 5.91 Å². The van der Waals surface area contributed by atoms with Gasteiger partial charge in [-0.25, -0.2) is 5.43 Å². The summed E-state index contributed by atoms with van der Waals surface area (Å²) in [6.45, 7) is 0.294. The molecule has 3 aromatic carbocycles. The first-order valence-corrected chi connectivity index (χ1v) is 10.6. The van der Waals surface area contributed by atoms with E-state index in [1.165, 1.54) is 0 Å². The highest BCUT2D eigenvalue weighted by Gasteiger charge is 2.06. The first-order valence-electron chi connectivity index (χ1n) is 9.02. The maximum Gasteiger partial charge on any atom is 0.244 e. The van der Waals surface area contributed by atoms with Gasteiger partial charge in [0.1, 0.15) is 12.4 Å². The Labute approximate surface area is 191 Å². The SMILES string of the molecule is N#Cc1ccccc1COc1ccc(/C=N/NC(=O)Cc2ccc(Br)cc2)cc1Br. The van der Waals surface area contributed by atoms with E-state index in [1.54, 1.807) is 12.3 Å². The van der Waals surface area contributed by atoms with E-state index < -0.39 is 0 Å². The maximum absolute atomic E-state index is 12.0. The molecule has 0 aliphatic carbocycles. The molecule has 0 aliphatic rings. The number of hydrogen-bond donors (Lipinski definition) is 1. The largest absolute Gasteiger partial charge is 0.488 e. The molecule has 0 saturated carbocycles. The number of nitrogens with one attached hydrogen (secondary N) is 1. The molecule has 0 fully saturated rings. The monoisotopic (exact) mass is 525 g/mol. The van der Waals surface area contributed by atoms with E-state index in [-0.39, 0.29) is 12.3 Å². The fourth-order valence-electron chi connectivity index (χ4n) is 2.63. The minimum absolute atomic E-state index is 0.191. The van der Waals surface area contributed by atoms with Gasteiger partial charge >= 0.3 is 0 Å². The number of carbonyl (C=O) groups excluding carboxylic acids is 1. The summed E-state index contributed by atoms with van der Waals surface area (Å²) in [5.74, 6) is 0.461. The van der Waals surface area contributed by atoms with Crippen LogP contribution in [0.15, 0.2) is 80.8 Å². The van der Waals surface area contributed by atoms with Crippen molar-refractivity contribution < 1.29 is 9.53 Å². The highest BCUT2D eigenvalue weighted by molar-refractivity contribution is 9.10. The van der Waals surface area contributed by atoms with E-state index in [1.807, 2.05) is 60.7 Å². The Balaban J connectivity index is 1.55. The molecule has 0 aromatic heterocycles. The van der Waals surface area contributed by atoms with Crippen LogP contribution in [0, 0.1) is 11.3 Å². The highest BCUT2D eigenvalue weighted by atomic mass is 79.9. The van der Waals surface area contributed by atoms with Gasteiger partial charge in [0.25, 0.3) is 0 Å². The number of hydrogen-bond acceptors (Lipinski definition) is 4. The third-order valence-corrected chi connectivity index (χ3v) is 5.31. The number of benzene rings is 3. The van der Waals surface area contributed by atoms with Gasteiger partial charge in [0.05, 0.1) is 28.7 Å². The van der Waals surface area contributed by atoms with Crippen molar-refractivity contribution in [3.63, 3.8) is 0 Å². The topological polar surface area (TPSA) is 74.5 Å². The van der Waals surface area contributed by atoms with Crippen molar-refractivity contribution in [2.45, 2.75) is 13.0 Å². The van der Waals surface area contributed by atoms with Crippen LogP contribution < -0.4 is 10.2 Å². The zero-order chi connectivity index (χ0) is 21.3. The van der Waals surface area contributed by atoms with Crippen LogP contribution >= 0.6 is 31.9 Å². The van der Waals surface area contributed by atoms with Crippen molar-refractivity contribution in [2.24, 2.45) is 5.10 Å². The molecule has 0 aliphatic heterocycles. The molecule has 7 heteroatoms. The van der Waals surface area contributed by atoms with Crippen molar-refractivity contribution in [1.29, 1.82) is 5.26 Å². The summed E-state index contributed by atoms with van der Waals surface area (Å²) >= 11 is 6.85. The van der Waals surface area contributed by atoms with Gasteiger partial charge in [-0.3, -0.25) is 4.79 Å². The average molecular weight is 527 g/mol. The summed E-state index contributed by atoms with van der Waals surface area (Å²) in [7, 11) is 0. The molecule has 0 bridgehead atoms. The van der Waals surface area contributed by atoms with Crippen molar-refractivity contribution in [3.8, 4) is 11.8 Å². The lowest BCUT2D eigenvalue weighted by Crippen LogP contribution is -2.19. The smallest absolute Gasteiger partial charge is 0.244 e. The molecular formula is C23H17Br2N3O2. The third kappa shape index (κ3) is 6.28. The van der Waals surface area contributed by atoms with E-state index in [0.717, 1.165) is 25.6 Å². The van der Waals surface area contributed by atoms with Gasteiger partial charge in [0, 0.05) is 10.0 Å². The molecule has 0 saturated heterocycles. The summed E-state index contributed by atoms with van der Waals surface area (Å²) in [6, 6.07) is 22.5. The second-order valence-corrected chi connectivity index (χ2v) is 8.11. The molecule has 0 unspecified atom stereocenters. The predicted octanol–water partition coefficient (Wildman–Crippen LogP) is 5.36. The summed E-state index contributed by atoms with van der Waals surface area (Å²) < 4.78 is 7.54. The number of nitriles is 1. The summed E-state index contributed by atoms with van der Waals surface area (Å²) in [6.07, 6.45) is 1.82. The summed E-state index contributed by atoms with van der Waals surface area (Å²) in [4.78, 5) is 12.0. The third-order valence-electron chi connectivity index (χ3n) is 4.16. The number of ether oxygens (including phenoxy) is 1. The lowest BCUT2D eigenvalue weighted by molar-refractivity contribution is -0.120. The summed E-state index contributed by atoms with van der Waals surface area (Å²) in [5.41, 5.74) is 5.66. The minimum Gasteiger partial charge on any atom is -0.488 e. The molecule has 1 amide bonds. The Morgan fingerprint density at radius 3 is 2.60 bits per heavy atom. The van der Waals surface area contributed by atoms with Crippen LogP contribution in [0.4, 0.5) is 0 Å². The molecule has 0 heterocycles. The van der Waals surface area contributed by atoms with Gasteiger partial charge in [-0.05, 0) is 63.5 Å². The molecule has 0 spiro atoms. The van der Waals surface area contributed by atoms with E-state index in [2.05, 4.69) is 48.5 Å². The zero-order valence-corrected chi connectivity index (χ0v) is 19.0. The van der Waals surface area contributed by atoms with Crippen molar-refractivity contribution >= 4 is 44.0 Å². The quantitative estimate of drug-likeness (QED) is 0.333. The van der Waals surface area contributed by atoms with Gasteiger partial charge in [-0.1, -0.05) is 46.3 Å². The Kier molecular flexibility index (Phi) is 7.77. The van der Waals surface area contributed by atoms with Gasteiger partial charge in [-0.2, -0.15) is 10.4 Å². The Morgan fingerprint density at radius 1 is 1.10 bits per heavy atom. The number of carbonyl (C=O) groups is 1. The van der Waals surface area contributed by atoms with E-state index in [4.69, 9.17) is 10.00 Å². The van der Waals surface area contributed by atoms with Crippen LogP contribution in [-0.2, 0) is 17.8 Å².